The summed E-state index contributed by atoms with van der Waals surface area (Å²) >= 11 is 0. The van der Waals surface area contributed by atoms with Gasteiger partial charge in [0.15, 0.2) is 0 Å². The standard InChI is InChI=1S/C20H37N3O7/c1-20(2,3)30-8-7-23-17-18(21-22-23)5-6-19(24)29-16-15-28-14-13-27-12-11-26-10-9-25-4/h17H,5-16H2,1-4H3. The minimum atomic E-state index is -0.284. The Morgan fingerprint density at radius 1 is 0.933 bits per heavy atom. The van der Waals surface area contributed by atoms with Crippen molar-refractivity contribution in [2.75, 3.05) is 66.6 Å². The van der Waals surface area contributed by atoms with E-state index in [1.54, 1.807) is 11.8 Å². The van der Waals surface area contributed by atoms with Crippen molar-refractivity contribution in [2.24, 2.45) is 0 Å². The summed E-state index contributed by atoms with van der Waals surface area (Å²) in [5, 5.41) is 8.10. The molecule has 0 amide bonds. The smallest absolute Gasteiger partial charge is 0.306 e. The van der Waals surface area contributed by atoms with E-state index in [1.165, 1.54) is 0 Å². The average Bonchev–Trinajstić information content (AvgIpc) is 3.14. The molecule has 0 spiro atoms. The van der Waals surface area contributed by atoms with Crippen LogP contribution in [0.4, 0.5) is 0 Å². The molecule has 1 heterocycles. The van der Waals surface area contributed by atoms with Crippen molar-refractivity contribution in [1.82, 2.24) is 15.0 Å². The van der Waals surface area contributed by atoms with Gasteiger partial charge >= 0.3 is 5.97 Å². The lowest BCUT2D eigenvalue weighted by Gasteiger charge is -2.19. The van der Waals surface area contributed by atoms with Crippen LogP contribution in [-0.2, 0) is 46.2 Å². The zero-order valence-electron chi connectivity index (χ0n) is 18.8. The molecule has 0 aliphatic carbocycles. The maximum absolute atomic E-state index is 11.8. The zero-order valence-corrected chi connectivity index (χ0v) is 18.8. The van der Waals surface area contributed by atoms with Gasteiger partial charge in [0.2, 0.25) is 0 Å². The largest absolute Gasteiger partial charge is 0.463 e. The molecule has 0 saturated heterocycles. The van der Waals surface area contributed by atoms with E-state index in [0.717, 1.165) is 5.69 Å². The molecule has 0 aromatic carbocycles. The molecule has 0 saturated carbocycles. The number of esters is 1. The van der Waals surface area contributed by atoms with E-state index < -0.39 is 0 Å². The number of methoxy groups -OCH3 is 1. The molecule has 10 heteroatoms. The summed E-state index contributed by atoms with van der Waals surface area (Å²) in [6.07, 6.45) is 2.56. The minimum absolute atomic E-state index is 0.178. The Kier molecular flexibility index (Phi) is 14.2. The van der Waals surface area contributed by atoms with Gasteiger partial charge in [0.05, 0.1) is 77.1 Å². The molecule has 30 heavy (non-hydrogen) atoms. The maximum Gasteiger partial charge on any atom is 0.306 e. The van der Waals surface area contributed by atoms with Crippen LogP contribution in [0.25, 0.3) is 0 Å². The number of aryl methyl sites for hydroxylation is 1. The first-order chi connectivity index (χ1) is 14.4. The Balaban J connectivity index is 1.95. The monoisotopic (exact) mass is 431 g/mol. The normalized spacial score (nSPS) is 11.7. The van der Waals surface area contributed by atoms with Gasteiger partial charge in [-0.15, -0.1) is 5.10 Å². The fraction of sp³-hybridized carbons (Fsp3) is 0.850. The Morgan fingerprint density at radius 2 is 1.53 bits per heavy atom. The minimum Gasteiger partial charge on any atom is -0.463 e. The van der Waals surface area contributed by atoms with Gasteiger partial charge in [-0.2, -0.15) is 0 Å². The Bertz CT molecular complexity index is 561. The molecular weight excluding hydrogens is 394 g/mol. The highest BCUT2D eigenvalue weighted by molar-refractivity contribution is 5.69. The van der Waals surface area contributed by atoms with Crippen molar-refractivity contribution < 1.29 is 33.2 Å². The molecule has 0 atom stereocenters. The van der Waals surface area contributed by atoms with E-state index in [1.807, 2.05) is 27.0 Å². The van der Waals surface area contributed by atoms with Crippen LogP contribution in [0.2, 0.25) is 0 Å². The molecule has 0 N–H and O–H groups in total. The molecule has 0 bridgehead atoms. The molecule has 0 radical (unpaired) electrons. The van der Waals surface area contributed by atoms with E-state index in [-0.39, 0.29) is 24.6 Å². The van der Waals surface area contributed by atoms with E-state index in [4.69, 9.17) is 28.4 Å². The molecular formula is C20H37N3O7. The predicted octanol–water partition coefficient (Wildman–Crippen LogP) is 1.27. The number of carbonyl (C=O) groups excluding carboxylic acids is 1. The SMILES string of the molecule is COCCOCCOCCOCCOC(=O)CCc1cn(CCOC(C)(C)C)nn1. The van der Waals surface area contributed by atoms with E-state index >= 15 is 0 Å². The summed E-state index contributed by atoms with van der Waals surface area (Å²) in [4.78, 5) is 11.8. The van der Waals surface area contributed by atoms with Gasteiger partial charge in [0, 0.05) is 19.7 Å². The van der Waals surface area contributed by atoms with E-state index in [0.29, 0.717) is 65.8 Å². The van der Waals surface area contributed by atoms with Crippen LogP contribution in [0.15, 0.2) is 6.20 Å². The van der Waals surface area contributed by atoms with Crippen LogP contribution in [0.3, 0.4) is 0 Å². The third-order valence-electron chi connectivity index (χ3n) is 3.69. The lowest BCUT2D eigenvalue weighted by Crippen LogP contribution is -2.22. The molecule has 1 aromatic rings. The zero-order chi connectivity index (χ0) is 22.1. The molecule has 0 fully saturated rings. The van der Waals surface area contributed by atoms with Crippen LogP contribution in [0.1, 0.15) is 32.9 Å². The Labute approximate surface area is 179 Å². The second-order valence-electron chi connectivity index (χ2n) is 7.48. The first-order valence-corrected chi connectivity index (χ1v) is 10.3. The number of ether oxygens (including phenoxy) is 6. The maximum atomic E-state index is 11.8. The second kappa shape index (κ2) is 16.1. The molecule has 1 aromatic heterocycles. The van der Waals surface area contributed by atoms with E-state index in [2.05, 4.69) is 10.3 Å². The fourth-order valence-corrected chi connectivity index (χ4v) is 2.21. The van der Waals surface area contributed by atoms with Crippen LogP contribution >= 0.6 is 0 Å². The van der Waals surface area contributed by atoms with Crippen LogP contribution in [0.5, 0.6) is 0 Å². The molecule has 1 rings (SSSR count). The Hall–Kier alpha value is -1.59. The van der Waals surface area contributed by atoms with Crippen molar-refractivity contribution in [3.05, 3.63) is 11.9 Å². The summed E-state index contributed by atoms with van der Waals surface area (Å²) in [6.45, 7) is 10.8. The molecule has 0 aliphatic rings. The summed E-state index contributed by atoms with van der Waals surface area (Å²) < 4.78 is 33.4. The van der Waals surface area contributed by atoms with Crippen molar-refractivity contribution >= 4 is 5.97 Å². The van der Waals surface area contributed by atoms with Gasteiger partial charge in [0.25, 0.3) is 0 Å². The van der Waals surface area contributed by atoms with Crippen LogP contribution in [-0.4, -0.2) is 93.1 Å². The third-order valence-corrected chi connectivity index (χ3v) is 3.69. The van der Waals surface area contributed by atoms with Gasteiger partial charge in [-0.25, -0.2) is 4.68 Å². The van der Waals surface area contributed by atoms with Crippen LogP contribution < -0.4 is 0 Å². The number of hydrogen-bond donors (Lipinski definition) is 0. The first kappa shape index (κ1) is 26.4. The fourth-order valence-electron chi connectivity index (χ4n) is 2.21. The number of hydrogen-bond acceptors (Lipinski definition) is 9. The Morgan fingerprint density at radius 3 is 2.13 bits per heavy atom. The highest BCUT2D eigenvalue weighted by Gasteiger charge is 2.10. The van der Waals surface area contributed by atoms with Crippen molar-refractivity contribution in [2.45, 2.75) is 45.8 Å². The van der Waals surface area contributed by atoms with Crippen LogP contribution in [0, 0.1) is 0 Å². The summed E-state index contributed by atoms with van der Waals surface area (Å²) in [5.74, 6) is -0.284. The second-order valence-corrected chi connectivity index (χ2v) is 7.48. The number of aromatic nitrogens is 3. The van der Waals surface area contributed by atoms with Crippen molar-refractivity contribution in [3.63, 3.8) is 0 Å². The van der Waals surface area contributed by atoms with Gasteiger partial charge in [-0.3, -0.25) is 4.79 Å². The number of carbonyl (C=O) groups is 1. The van der Waals surface area contributed by atoms with E-state index in [9.17, 15) is 4.79 Å². The highest BCUT2D eigenvalue weighted by Crippen LogP contribution is 2.06. The number of rotatable bonds is 18. The quantitative estimate of drug-likeness (QED) is 0.251. The molecule has 10 nitrogen and oxygen atoms in total. The predicted molar refractivity (Wildman–Crippen MR) is 109 cm³/mol. The third kappa shape index (κ3) is 15.3. The lowest BCUT2D eigenvalue weighted by atomic mass is 10.2. The lowest BCUT2D eigenvalue weighted by molar-refractivity contribution is -0.145. The van der Waals surface area contributed by atoms with Crippen molar-refractivity contribution in [3.8, 4) is 0 Å². The summed E-state index contributed by atoms with van der Waals surface area (Å²) in [7, 11) is 1.63. The average molecular weight is 432 g/mol. The van der Waals surface area contributed by atoms with Gasteiger partial charge in [-0.1, -0.05) is 5.21 Å². The topological polar surface area (TPSA) is 103 Å². The summed E-state index contributed by atoms with van der Waals surface area (Å²) in [5.41, 5.74) is 0.575. The van der Waals surface area contributed by atoms with Crippen molar-refractivity contribution in [1.29, 1.82) is 0 Å². The molecule has 0 unspecified atom stereocenters. The highest BCUT2D eigenvalue weighted by atomic mass is 16.6. The van der Waals surface area contributed by atoms with Gasteiger partial charge in [0.1, 0.15) is 6.61 Å². The molecule has 0 aliphatic heterocycles. The van der Waals surface area contributed by atoms with Gasteiger partial charge in [-0.05, 0) is 20.8 Å². The first-order valence-electron chi connectivity index (χ1n) is 10.3. The molecule has 174 valence electrons. The summed E-state index contributed by atoms with van der Waals surface area (Å²) in [6, 6.07) is 0. The number of nitrogens with zero attached hydrogens (tertiary/aromatic N) is 3. The van der Waals surface area contributed by atoms with Gasteiger partial charge < -0.3 is 28.4 Å².